The molecule has 0 bridgehead atoms. The molecule has 0 radical (unpaired) electrons. The average Bonchev–Trinajstić information content (AvgIpc) is 2.78. The molecule has 1 aromatic rings. The summed E-state index contributed by atoms with van der Waals surface area (Å²) in [5.41, 5.74) is -1.33. The lowest BCUT2D eigenvalue weighted by Crippen LogP contribution is -2.45. The fourth-order valence-corrected chi connectivity index (χ4v) is 2.25. The quantitative estimate of drug-likeness (QED) is 0.852. The number of hydrogen-bond donors (Lipinski definition) is 2. The molecule has 1 atom stereocenters. The average molecular weight is 270 g/mol. The first-order valence-corrected chi connectivity index (χ1v) is 6.05. The first-order valence-electron chi connectivity index (χ1n) is 6.05. The number of nitrogens with zero attached hydrogens (tertiary/aromatic N) is 1. The van der Waals surface area contributed by atoms with E-state index in [9.17, 15) is 18.7 Å². The minimum Gasteiger partial charge on any atom is -0.387 e. The Kier molecular flexibility index (Phi) is 3.82. The van der Waals surface area contributed by atoms with Gasteiger partial charge >= 0.3 is 0 Å². The molecular formula is C13H16F2N2O2. The van der Waals surface area contributed by atoms with Gasteiger partial charge in [0.2, 0.25) is 0 Å². The molecule has 1 unspecified atom stereocenters. The smallest absolute Gasteiger partial charge is 0.256 e. The lowest BCUT2D eigenvalue weighted by Gasteiger charge is -2.28. The number of nitrogens with one attached hydrogen (secondary N) is 1. The molecule has 2 N–H and O–H groups in total. The van der Waals surface area contributed by atoms with Crippen molar-refractivity contribution in [1.82, 2.24) is 10.2 Å². The van der Waals surface area contributed by atoms with Crippen molar-refractivity contribution in [2.45, 2.75) is 12.0 Å². The number of rotatable bonds is 3. The molecule has 0 saturated carbocycles. The van der Waals surface area contributed by atoms with Gasteiger partial charge in [-0.05, 0) is 25.1 Å². The summed E-state index contributed by atoms with van der Waals surface area (Å²) in [7, 11) is 1.46. The Labute approximate surface area is 110 Å². The summed E-state index contributed by atoms with van der Waals surface area (Å²) in [4.78, 5) is 13.2. The van der Waals surface area contributed by atoms with Gasteiger partial charge in [-0.15, -0.1) is 0 Å². The minimum atomic E-state index is -1.16. The second-order valence-corrected chi connectivity index (χ2v) is 4.91. The van der Waals surface area contributed by atoms with Crippen LogP contribution in [-0.4, -0.2) is 48.2 Å². The molecule has 4 nitrogen and oxygen atoms in total. The zero-order valence-corrected chi connectivity index (χ0v) is 10.6. The van der Waals surface area contributed by atoms with Crippen molar-refractivity contribution in [2.75, 3.05) is 26.7 Å². The van der Waals surface area contributed by atoms with Crippen LogP contribution in [-0.2, 0) is 0 Å². The van der Waals surface area contributed by atoms with E-state index in [-0.39, 0.29) is 12.1 Å². The topological polar surface area (TPSA) is 52.6 Å². The summed E-state index contributed by atoms with van der Waals surface area (Å²) in [5, 5.41) is 13.2. The monoisotopic (exact) mass is 270 g/mol. The second kappa shape index (κ2) is 5.22. The number of carbonyl (C=O) groups excluding carboxylic acids is 1. The fourth-order valence-electron chi connectivity index (χ4n) is 2.25. The summed E-state index contributed by atoms with van der Waals surface area (Å²) in [6.45, 7) is 1.14. The number of aliphatic hydroxyl groups is 1. The van der Waals surface area contributed by atoms with Gasteiger partial charge in [-0.25, -0.2) is 8.78 Å². The Hall–Kier alpha value is -1.53. The molecule has 0 aromatic heterocycles. The van der Waals surface area contributed by atoms with Crippen molar-refractivity contribution in [2.24, 2.45) is 0 Å². The number of β-amino-alcohol motifs (C(OH)–C–C–N with tert-alkyl or cyclic N) is 1. The fraction of sp³-hybridized carbons (Fsp3) is 0.462. The maximum Gasteiger partial charge on any atom is 0.256 e. The maximum absolute atomic E-state index is 13.5. The van der Waals surface area contributed by atoms with Crippen LogP contribution in [0.15, 0.2) is 18.2 Å². The van der Waals surface area contributed by atoms with E-state index in [0.717, 1.165) is 6.07 Å². The van der Waals surface area contributed by atoms with Crippen molar-refractivity contribution >= 4 is 5.91 Å². The van der Waals surface area contributed by atoms with Crippen molar-refractivity contribution in [3.63, 3.8) is 0 Å². The number of amides is 1. The number of likely N-dealkylation sites (N-methyl/N-ethyl adjacent to an activating group) is 1. The molecular weight excluding hydrogens is 254 g/mol. The molecule has 2 rings (SSSR count). The van der Waals surface area contributed by atoms with Gasteiger partial charge in [0.25, 0.3) is 5.91 Å². The highest BCUT2D eigenvalue weighted by atomic mass is 19.2. The highest BCUT2D eigenvalue weighted by Gasteiger charge is 2.34. The van der Waals surface area contributed by atoms with E-state index in [2.05, 4.69) is 5.32 Å². The van der Waals surface area contributed by atoms with E-state index in [4.69, 9.17) is 0 Å². The van der Waals surface area contributed by atoms with Crippen molar-refractivity contribution in [3.05, 3.63) is 35.4 Å². The normalized spacial score (nSPS) is 22.5. The van der Waals surface area contributed by atoms with Crippen molar-refractivity contribution in [3.8, 4) is 0 Å². The number of carbonyl (C=O) groups is 1. The van der Waals surface area contributed by atoms with Gasteiger partial charge < -0.3 is 15.3 Å². The van der Waals surface area contributed by atoms with E-state index >= 15 is 0 Å². The summed E-state index contributed by atoms with van der Waals surface area (Å²) in [6, 6.07) is 3.47. The molecule has 1 saturated heterocycles. The molecule has 104 valence electrons. The van der Waals surface area contributed by atoms with Crippen LogP contribution in [0.25, 0.3) is 0 Å². The van der Waals surface area contributed by atoms with Crippen molar-refractivity contribution in [1.29, 1.82) is 0 Å². The Balaban J connectivity index is 2.12. The van der Waals surface area contributed by atoms with Crippen LogP contribution in [0.5, 0.6) is 0 Å². The Morgan fingerprint density at radius 1 is 1.53 bits per heavy atom. The third-order valence-corrected chi connectivity index (χ3v) is 3.28. The van der Waals surface area contributed by atoms with Gasteiger partial charge in [0.1, 0.15) is 0 Å². The zero-order valence-electron chi connectivity index (χ0n) is 10.6. The number of hydrogen-bond acceptors (Lipinski definition) is 3. The Bertz CT molecular complexity index is 488. The molecule has 1 amide bonds. The summed E-state index contributed by atoms with van der Waals surface area (Å²) in [5.74, 6) is -2.85. The van der Waals surface area contributed by atoms with Gasteiger partial charge in [-0.1, -0.05) is 6.07 Å². The molecule has 1 aliphatic rings. The van der Waals surface area contributed by atoms with Crippen LogP contribution in [0.3, 0.4) is 0 Å². The summed E-state index contributed by atoms with van der Waals surface area (Å²) < 4.78 is 26.6. The van der Waals surface area contributed by atoms with Crippen LogP contribution in [0.2, 0.25) is 0 Å². The summed E-state index contributed by atoms with van der Waals surface area (Å²) >= 11 is 0. The number of benzene rings is 1. The van der Waals surface area contributed by atoms with E-state index in [0.29, 0.717) is 19.5 Å². The lowest BCUT2D eigenvalue weighted by atomic mass is 10.0. The maximum atomic E-state index is 13.5. The van der Waals surface area contributed by atoms with Gasteiger partial charge in [0.05, 0.1) is 17.7 Å². The molecule has 0 spiro atoms. The SMILES string of the molecule is CN(CC1(O)CCNC1)C(=O)c1cccc(F)c1F. The molecule has 6 heteroatoms. The van der Waals surface area contributed by atoms with Crippen LogP contribution < -0.4 is 5.32 Å². The predicted molar refractivity (Wildman–Crippen MR) is 65.8 cm³/mol. The van der Waals surface area contributed by atoms with Crippen LogP contribution in [0, 0.1) is 11.6 Å². The van der Waals surface area contributed by atoms with Crippen LogP contribution >= 0.6 is 0 Å². The van der Waals surface area contributed by atoms with Crippen molar-refractivity contribution < 1.29 is 18.7 Å². The highest BCUT2D eigenvalue weighted by Crippen LogP contribution is 2.18. The van der Waals surface area contributed by atoms with E-state index in [1.54, 1.807) is 0 Å². The highest BCUT2D eigenvalue weighted by molar-refractivity contribution is 5.94. The van der Waals surface area contributed by atoms with E-state index in [1.807, 2.05) is 0 Å². The Morgan fingerprint density at radius 3 is 2.89 bits per heavy atom. The predicted octanol–water partition coefficient (Wildman–Crippen LogP) is 0.761. The van der Waals surface area contributed by atoms with Gasteiger partial charge in [-0.2, -0.15) is 0 Å². The van der Waals surface area contributed by atoms with Gasteiger partial charge in [0, 0.05) is 13.6 Å². The van der Waals surface area contributed by atoms with Crippen LogP contribution in [0.4, 0.5) is 8.78 Å². The second-order valence-electron chi connectivity index (χ2n) is 4.91. The molecule has 1 aromatic carbocycles. The molecule has 0 aliphatic carbocycles. The largest absolute Gasteiger partial charge is 0.387 e. The third-order valence-electron chi connectivity index (χ3n) is 3.28. The standard InChI is InChI=1S/C13H16F2N2O2/c1-17(8-13(19)5-6-16-7-13)12(18)9-3-2-4-10(14)11(9)15/h2-4,16,19H,5-8H2,1H3. The molecule has 1 aliphatic heterocycles. The third kappa shape index (κ3) is 2.90. The minimum absolute atomic E-state index is 0.0782. The first-order chi connectivity index (χ1) is 8.93. The van der Waals surface area contributed by atoms with Gasteiger partial charge in [0.15, 0.2) is 11.6 Å². The number of halogens is 2. The lowest BCUT2D eigenvalue weighted by molar-refractivity contribution is 0.0250. The first kappa shape index (κ1) is 13.9. The zero-order chi connectivity index (χ0) is 14.0. The van der Waals surface area contributed by atoms with Crippen LogP contribution in [0.1, 0.15) is 16.8 Å². The van der Waals surface area contributed by atoms with E-state index in [1.165, 1.54) is 24.1 Å². The molecule has 1 fully saturated rings. The molecule has 19 heavy (non-hydrogen) atoms. The van der Waals surface area contributed by atoms with E-state index < -0.39 is 23.1 Å². The molecule has 1 heterocycles. The Morgan fingerprint density at radius 2 is 2.26 bits per heavy atom. The summed E-state index contributed by atoms with van der Waals surface area (Å²) in [6.07, 6.45) is 0.524. The van der Waals surface area contributed by atoms with Gasteiger partial charge in [-0.3, -0.25) is 4.79 Å².